The summed E-state index contributed by atoms with van der Waals surface area (Å²) in [7, 11) is 0. The number of benzene rings is 3. The summed E-state index contributed by atoms with van der Waals surface area (Å²) in [6.07, 6.45) is 0. The zero-order chi connectivity index (χ0) is 18.6. The molecule has 3 aromatic carbocycles. The van der Waals surface area contributed by atoms with Crippen LogP contribution in [0.3, 0.4) is 0 Å². The first kappa shape index (κ1) is 17.0. The van der Waals surface area contributed by atoms with Crippen LogP contribution in [0.4, 0.5) is 5.69 Å². The van der Waals surface area contributed by atoms with Crippen molar-refractivity contribution in [2.45, 2.75) is 6.54 Å². The Hall–Kier alpha value is -3.43. The molecule has 0 unspecified atom stereocenters. The van der Waals surface area contributed by atoms with Crippen LogP contribution < -0.4 is 11.5 Å². The number of hydrogen-bond donors (Lipinski definition) is 2. The summed E-state index contributed by atoms with van der Waals surface area (Å²) in [6, 6.07) is 30.7. The third-order valence-electron chi connectivity index (χ3n) is 4.62. The Kier molecular flexibility index (Phi) is 4.69. The van der Waals surface area contributed by atoms with E-state index in [2.05, 4.69) is 48.5 Å². The van der Waals surface area contributed by atoms with Gasteiger partial charge in [0.15, 0.2) is 0 Å². The fraction of sp³-hybridized carbons (Fsp3) is 0.0417. The van der Waals surface area contributed by atoms with Gasteiger partial charge in [-0.1, -0.05) is 66.7 Å². The molecule has 0 amide bonds. The van der Waals surface area contributed by atoms with Crippen molar-refractivity contribution < 1.29 is 0 Å². The zero-order valence-electron chi connectivity index (χ0n) is 15.0. The number of hydrogen-bond acceptors (Lipinski definition) is 3. The number of anilines is 1. The van der Waals surface area contributed by atoms with E-state index in [9.17, 15) is 0 Å². The molecule has 0 spiro atoms. The fourth-order valence-corrected chi connectivity index (χ4v) is 3.09. The number of nitrogens with zero attached hydrogens (tertiary/aromatic N) is 1. The van der Waals surface area contributed by atoms with E-state index in [-0.39, 0.29) is 0 Å². The molecule has 0 saturated heterocycles. The highest BCUT2D eigenvalue weighted by molar-refractivity contribution is 5.77. The fourth-order valence-electron chi connectivity index (χ4n) is 3.09. The molecule has 0 fully saturated rings. The lowest BCUT2D eigenvalue weighted by atomic mass is 9.99. The second-order valence-electron chi connectivity index (χ2n) is 6.52. The van der Waals surface area contributed by atoms with Crippen molar-refractivity contribution in [2.75, 3.05) is 5.73 Å². The van der Waals surface area contributed by atoms with E-state index in [0.717, 1.165) is 44.9 Å². The van der Waals surface area contributed by atoms with Crippen LogP contribution in [0, 0.1) is 0 Å². The summed E-state index contributed by atoms with van der Waals surface area (Å²) in [5.41, 5.74) is 19.7. The summed E-state index contributed by atoms with van der Waals surface area (Å²) in [6.45, 7) is 0.544. The molecule has 27 heavy (non-hydrogen) atoms. The van der Waals surface area contributed by atoms with Crippen LogP contribution in [0.5, 0.6) is 0 Å². The number of rotatable bonds is 4. The zero-order valence-corrected chi connectivity index (χ0v) is 15.0. The van der Waals surface area contributed by atoms with Crippen LogP contribution in [-0.4, -0.2) is 4.98 Å². The van der Waals surface area contributed by atoms with Gasteiger partial charge in [0.05, 0.1) is 11.4 Å². The predicted molar refractivity (Wildman–Crippen MR) is 113 cm³/mol. The molecule has 1 aromatic heterocycles. The second-order valence-corrected chi connectivity index (χ2v) is 6.52. The molecule has 0 aliphatic carbocycles. The molecule has 3 heteroatoms. The summed E-state index contributed by atoms with van der Waals surface area (Å²) in [5.74, 6) is 0. The molecule has 0 bridgehead atoms. The molecule has 4 aromatic rings. The smallest absolute Gasteiger partial charge is 0.0715 e. The molecular weight excluding hydrogens is 330 g/mol. The molecule has 0 atom stereocenters. The number of nitrogen functional groups attached to an aromatic ring is 1. The summed E-state index contributed by atoms with van der Waals surface area (Å²) in [4.78, 5) is 4.90. The highest BCUT2D eigenvalue weighted by atomic mass is 14.7. The first-order valence-corrected chi connectivity index (χ1v) is 8.96. The Morgan fingerprint density at radius 3 is 1.74 bits per heavy atom. The number of pyridine rings is 1. The first-order valence-electron chi connectivity index (χ1n) is 8.96. The minimum absolute atomic E-state index is 0.544. The molecule has 0 radical (unpaired) electrons. The van der Waals surface area contributed by atoms with E-state index in [4.69, 9.17) is 16.5 Å². The van der Waals surface area contributed by atoms with Gasteiger partial charge in [-0.2, -0.15) is 0 Å². The Bertz CT molecular complexity index is 1040. The van der Waals surface area contributed by atoms with Crippen LogP contribution in [0.15, 0.2) is 91.0 Å². The minimum atomic E-state index is 0.544. The largest absolute Gasteiger partial charge is 0.399 e. The van der Waals surface area contributed by atoms with Gasteiger partial charge in [0.1, 0.15) is 0 Å². The van der Waals surface area contributed by atoms with Crippen molar-refractivity contribution >= 4 is 5.69 Å². The van der Waals surface area contributed by atoms with Crippen LogP contribution in [-0.2, 0) is 6.54 Å². The summed E-state index contributed by atoms with van der Waals surface area (Å²) >= 11 is 0. The molecule has 3 nitrogen and oxygen atoms in total. The standard InChI is InChI=1S/C24H21N3/c25-16-17-6-8-18(9-7-17)21-14-23(19-4-2-1-3-5-19)27-24(15-21)20-10-12-22(26)13-11-20/h1-15H,16,25-26H2. The predicted octanol–water partition coefficient (Wildman–Crippen LogP) is 5.12. The van der Waals surface area contributed by atoms with Crippen LogP contribution in [0.2, 0.25) is 0 Å². The van der Waals surface area contributed by atoms with Gasteiger partial charge in [-0.3, -0.25) is 0 Å². The maximum Gasteiger partial charge on any atom is 0.0715 e. The third kappa shape index (κ3) is 3.73. The van der Waals surface area contributed by atoms with Gasteiger partial charge in [-0.15, -0.1) is 0 Å². The van der Waals surface area contributed by atoms with Crippen molar-refractivity contribution in [1.82, 2.24) is 4.98 Å². The van der Waals surface area contributed by atoms with Crippen molar-refractivity contribution in [2.24, 2.45) is 5.73 Å². The van der Waals surface area contributed by atoms with E-state index >= 15 is 0 Å². The maximum atomic E-state index is 5.84. The van der Waals surface area contributed by atoms with Gasteiger partial charge in [-0.25, -0.2) is 4.98 Å². The highest BCUT2D eigenvalue weighted by Gasteiger charge is 2.09. The average molecular weight is 351 g/mol. The van der Waals surface area contributed by atoms with Gasteiger partial charge in [0.2, 0.25) is 0 Å². The van der Waals surface area contributed by atoms with Gasteiger partial charge in [-0.05, 0) is 41.0 Å². The maximum absolute atomic E-state index is 5.84. The molecule has 1 heterocycles. The first-order chi connectivity index (χ1) is 13.2. The topological polar surface area (TPSA) is 64.9 Å². The number of aromatic nitrogens is 1. The lowest BCUT2D eigenvalue weighted by Gasteiger charge is -2.11. The Morgan fingerprint density at radius 1 is 0.593 bits per heavy atom. The second kappa shape index (κ2) is 7.44. The monoisotopic (exact) mass is 351 g/mol. The molecule has 0 saturated carbocycles. The van der Waals surface area contributed by atoms with Crippen LogP contribution in [0.25, 0.3) is 33.6 Å². The molecule has 132 valence electrons. The summed E-state index contributed by atoms with van der Waals surface area (Å²) in [5, 5.41) is 0. The van der Waals surface area contributed by atoms with Gasteiger partial charge in [0, 0.05) is 23.4 Å². The van der Waals surface area contributed by atoms with Crippen LogP contribution in [0.1, 0.15) is 5.56 Å². The average Bonchev–Trinajstić information content (AvgIpc) is 2.74. The number of nitrogens with two attached hydrogens (primary N) is 2. The normalized spacial score (nSPS) is 10.7. The van der Waals surface area contributed by atoms with Crippen molar-refractivity contribution in [3.63, 3.8) is 0 Å². The van der Waals surface area contributed by atoms with Gasteiger partial charge in [0.25, 0.3) is 0 Å². The highest BCUT2D eigenvalue weighted by Crippen LogP contribution is 2.30. The van der Waals surface area contributed by atoms with E-state index in [0.29, 0.717) is 6.54 Å². The van der Waals surface area contributed by atoms with E-state index < -0.39 is 0 Å². The van der Waals surface area contributed by atoms with Gasteiger partial charge < -0.3 is 11.5 Å². The molecule has 0 aliphatic heterocycles. The van der Waals surface area contributed by atoms with E-state index in [1.165, 1.54) is 0 Å². The third-order valence-corrected chi connectivity index (χ3v) is 4.62. The summed E-state index contributed by atoms with van der Waals surface area (Å²) < 4.78 is 0. The van der Waals surface area contributed by atoms with Gasteiger partial charge >= 0.3 is 0 Å². The van der Waals surface area contributed by atoms with Crippen molar-refractivity contribution in [1.29, 1.82) is 0 Å². The van der Waals surface area contributed by atoms with E-state index in [1.807, 2.05) is 42.5 Å². The Balaban J connectivity index is 1.87. The minimum Gasteiger partial charge on any atom is -0.399 e. The molecule has 0 aliphatic rings. The van der Waals surface area contributed by atoms with Crippen molar-refractivity contribution in [3.8, 4) is 33.6 Å². The molecule has 4 N–H and O–H groups in total. The Morgan fingerprint density at radius 2 is 1.15 bits per heavy atom. The lowest BCUT2D eigenvalue weighted by molar-refractivity contribution is 1.07. The SMILES string of the molecule is NCc1ccc(-c2cc(-c3ccccc3)nc(-c3ccc(N)cc3)c2)cc1. The molecule has 4 rings (SSSR count). The van der Waals surface area contributed by atoms with E-state index in [1.54, 1.807) is 0 Å². The quantitative estimate of drug-likeness (QED) is 0.501. The Labute approximate surface area is 159 Å². The lowest BCUT2D eigenvalue weighted by Crippen LogP contribution is -1.95. The van der Waals surface area contributed by atoms with Crippen molar-refractivity contribution in [3.05, 3.63) is 96.6 Å². The molecular formula is C24H21N3. The van der Waals surface area contributed by atoms with Crippen LogP contribution >= 0.6 is 0 Å².